The first-order valence-corrected chi connectivity index (χ1v) is 13.8. The molecule has 0 saturated heterocycles. The molecule has 0 radical (unpaired) electrons. The van der Waals surface area contributed by atoms with Gasteiger partial charge in [-0.2, -0.15) is 10.5 Å². The molecule has 8 aromatic rings. The Kier molecular flexibility index (Phi) is 5.22. The monoisotopic (exact) mass is 534 g/mol. The van der Waals surface area contributed by atoms with Gasteiger partial charge in [0.15, 0.2) is 0 Å². The van der Waals surface area contributed by atoms with Gasteiger partial charge < -0.3 is 9.13 Å². The fourth-order valence-corrected chi connectivity index (χ4v) is 6.31. The molecule has 0 bridgehead atoms. The van der Waals surface area contributed by atoms with Crippen LogP contribution < -0.4 is 0 Å². The molecule has 6 aromatic carbocycles. The van der Waals surface area contributed by atoms with E-state index >= 15 is 0 Å². The van der Waals surface area contributed by atoms with E-state index in [4.69, 9.17) is 0 Å². The Morgan fingerprint density at radius 3 is 1.60 bits per heavy atom. The van der Waals surface area contributed by atoms with Gasteiger partial charge in [0.1, 0.15) is 0 Å². The van der Waals surface area contributed by atoms with Crippen LogP contribution in [0.2, 0.25) is 0 Å². The van der Waals surface area contributed by atoms with Crippen LogP contribution >= 0.6 is 0 Å². The molecule has 0 spiro atoms. The first-order chi connectivity index (χ1) is 20.7. The van der Waals surface area contributed by atoms with E-state index in [1.54, 1.807) is 6.07 Å². The summed E-state index contributed by atoms with van der Waals surface area (Å²) in [6.07, 6.45) is 0. The molecule has 2 heterocycles. The Bertz CT molecular complexity index is 2400. The van der Waals surface area contributed by atoms with Gasteiger partial charge in [-0.1, -0.05) is 72.8 Å². The highest BCUT2D eigenvalue weighted by molar-refractivity contribution is 6.12. The summed E-state index contributed by atoms with van der Waals surface area (Å²) in [5, 5.41) is 24.0. The standard InChI is InChI=1S/C38H22N4/c39-23-25-18-26(24-40)20-30(19-25)42-35-12-6-4-10-31(35)33-16-14-28(22-38(33)42)27-15-17-37-34(21-27)32-11-5-7-13-36(32)41(37)29-8-2-1-3-9-29/h1-22H. The van der Waals surface area contributed by atoms with Gasteiger partial charge in [-0.25, -0.2) is 0 Å². The summed E-state index contributed by atoms with van der Waals surface area (Å²) in [5.74, 6) is 0. The van der Waals surface area contributed by atoms with E-state index in [-0.39, 0.29) is 0 Å². The number of para-hydroxylation sites is 3. The number of hydrogen-bond donors (Lipinski definition) is 0. The number of fused-ring (bicyclic) bond motifs is 6. The minimum Gasteiger partial charge on any atom is -0.309 e. The van der Waals surface area contributed by atoms with Crippen molar-refractivity contribution in [1.82, 2.24) is 9.13 Å². The molecule has 0 atom stereocenters. The van der Waals surface area contributed by atoms with Gasteiger partial charge in [0.25, 0.3) is 0 Å². The molecule has 0 aliphatic heterocycles. The first kappa shape index (κ1) is 23.8. The smallest absolute Gasteiger partial charge is 0.0992 e. The van der Waals surface area contributed by atoms with Crippen LogP contribution in [0.3, 0.4) is 0 Å². The van der Waals surface area contributed by atoms with Crippen molar-refractivity contribution < 1.29 is 0 Å². The third-order valence-corrected chi connectivity index (χ3v) is 8.13. The average molecular weight is 535 g/mol. The third kappa shape index (κ3) is 3.53. The van der Waals surface area contributed by atoms with E-state index < -0.39 is 0 Å². The Labute approximate surface area is 242 Å². The lowest BCUT2D eigenvalue weighted by Gasteiger charge is -2.11. The molecule has 4 nitrogen and oxygen atoms in total. The third-order valence-electron chi connectivity index (χ3n) is 8.13. The quantitative estimate of drug-likeness (QED) is 0.227. The molecule has 2 aromatic heterocycles. The van der Waals surface area contributed by atoms with Gasteiger partial charge in [0, 0.05) is 32.9 Å². The summed E-state index contributed by atoms with van der Waals surface area (Å²) in [5.41, 5.74) is 9.50. The van der Waals surface area contributed by atoms with Crippen LogP contribution in [0, 0.1) is 22.7 Å². The van der Waals surface area contributed by atoms with Gasteiger partial charge in [-0.3, -0.25) is 0 Å². The summed E-state index contributed by atoms with van der Waals surface area (Å²) in [7, 11) is 0. The Hall–Kier alpha value is -6.10. The largest absolute Gasteiger partial charge is 0.309 e. The van der Waals surface area contributed by atoms with Gasteiger partial charge in [-0.05, 0) is 71.8 Å². The van der Waals surface area contributed by atoms with E-state index in [2.05, 4.69) is 118 Å². The number of rotatable bonds is 3. The molecule has 0 amide bonds. The van der Waals surface area contributed by atoms with Gasteiger partial charge >= 0.3 is 0 Å². The zero-order chi connectivity index (χ0) is 28.2. The summed E-state index contributed by atoms with van der Waals surface area (Å²) in [4.78, 5) is 0. The average Bonchev–Trinajstić information content (AvgIpc) is 3.57. The zero-order valence-electron chi connectivity index (χ0n) is 22.5. The molecule has 0 unspecified atom stereocenters. The summed E-state index contributed by atoms with van der Waals surface area (Å²) < 4.78 is 4.49. The van der Waals surface area contributed by atoms with Crippen LogP contribution in [-0.4, -0.2) is 9.13 Å². The molecule has 0 aliphatic carbocycles. The normalized spacial score (nSPS) is 11.3. The SMILES string of the molecule is N#Cc1cc(C#N)cc(-n2c3ccccc3c3ccc(-c4ccc5c(c4)c4ccccc4n5-c4ccccc4)cc32)c1. The number of aromatic nitrogens is 2. The predicted molar refractivity (Wildman–Crippen MR) is 170 cm³/mol. The maximum atomic E-state index is 9.66. The van der Waals surface area contributed by atoms with Crippen molar-refractivity contribution in [2.75, 3.05) is 0 Å². The zero-order valence-corrected chi connectivity index (χ0v) is 22.5. The molecule has 8 rings (SSSR count). The second kappa shape index (κ2) is 9.24. The van der Waals surface area contributed by atoms with E-state index in [0.29, 0.717) is 11.1 Å². The molecule has 0 fully saturated rings. The number of hydrogen-bond acceptors (Lipinski definition) is 2. The second-order valence-electron chi connectivity index (χ2n) is 10.5. The Balaban J connectivity index is 1.38. The highest BCUT2D eigenvalue weighted by Crippen LogP contribution is 2.38. The van der Waals surface area contributed by atoms with E-state index in [1.165, 1.54) is 21.8 Å². The van der Waals surface area contributed by atoms with E-state index in [0.717, 1.165) is 44.3 Å². The maximum absolute atomic E-state index is 9.66. The van der Waals surface area contributed by atoms with Crippen LogP contribution in [0.15, 0.2) is 133 Å². The lowest BCUT2D eigenvalue weighted by molar-refractivity contribution is 1.17. The highest BCUT2D eigenvalue weighted by Gasteiger charge is 2.16. The number of benzene rings is 6. The molecule has 0 aliphatic rings. The van der Waals surface area contributed by atoms with Crippen LogP contribution in [0.4, 0.5) is 0 Å². The predicted octanol–water partition coefficient (Wildman–Crippen LogP) is 9.29. The van der Waals surface area contributed by atoms with Gasteiger partial charge in [0.05, 0.1) is 45.3 Å². The van der Waals surface area contributed by atoms with Crippen molar-refractivity contribution in [2.45, 2.75) is 0 Å². The van der Waals surface area contributed by atoms with Crippen molar-refractivity contribution in [2.24, 2.45) is 0 Å². The van der Waals surface area contributed by atoms with Crippen molar-refractivity contribution in [3.8, 4) is 34.6 Å². The fourth-order valence-electron chi connectivity index (χ4n) is 6.31. The Morgan fingerprint density at radius 2 is 0.905 bits per heavy atom. The van der Waals surface area contributed by atoms with Gasteiger partial charge in [0.2, 0.25) is 0 Å². The first-order valence-electron chi connectivity index (χ1n) is 13.8. The summed E-state index contributed by atoms with van der Waals surface area (Å²) >= 11 is 0. The summed E-state index contributed by atoms with van der Waals surface area (Å²) in [6, 6.07) is 50.4. The van der Waals surface area contributed by atoms with Crippen LogP contribution in [-0.2, 0) is 0 Å². The summed E-state index contributed by atoms with van der Waals surface area (Å²) in [6.45, 7) is 0. The minimum absolute atomic E-state index is 0.464. The van der Waals surface area contributed by atoms with Crippen molar-refractivity contribution in [1.29, 1.82) is 10.5 Å². The van der Waals surface area contributed by atoms with E-state index in [1.807, 2.05) is 30.3 Å². The lowest BCUT2D eigenvalue weighted by Crippen LogP contribution is -1.96. The van der Waals surface area contributed by atoms with Crippen molar-refractivity contribution in [3.05, 3.63) is 145 Å². The fraction of sp³-hybridized carbons (Fsp3) is 0. The number of nitrogens with zero attached hydrogens (tertiary/aromatic N) is 4. The number of nitriles is 2. The highest BCUT2D eigenvalue weighted by atomic mass is 15.0. The topological polar surface area (TPSA) is 57.4 Å². The van der Waals surface area contributed by atoms with E-state index in [9.17, 15) is 10.5 Å². The van der Waals surface area contributed by atoms with Crippen LogP contribution in [0.25, 0.3) is 66.1 Å². The van der Waals surface area contributed by atoms with Gasteiger partial charge in [-0.15, -0.1) is 0 Å². The molecular formula is C38H22N4. The molecule has 42 heavy (non-hydrogen) atoms. The minimum atomic E-state index is 0.464. The second-order valence-corrected chi connectivity index (χ2v) is 10.5. The molecule has 194 valence electrons. The molecular weight excluding hydrogens is 512 g/mol. The molecule has 0 N–H and O–H groups in total. The van der Waals surface area contributed by atoms with Crippen LogP contribution in [0.1, 0.15) is 11.1 Å². The molecule has 4 heteroatoms. The molecule has 0 saturated carbocycles. The van der Waals surface area contributed by atoms with Crippen LogP contribution in [0.5, 0.6) is 0 Å². The lowest BCUT2D eigenvalue weighted by atomic mass is 10.0. The maximum Gasteiger partial charge on any atom is 0.0992 e. The Morgan fingerprint density at radius 1 is 0.381 bits per heavy atom. The van der Waals surface area contributed by atoms with Crippen molar-refractivity contribution >= 4 is 43.6 Å². The van der Waals surface area contributed by atoms with Crippen molar-refractivity contribution in [3.63, 3.8) is 0 Å².